The molecular weight excluding hydrogens is 317 g/mol. The van der Waals surface area contributed by atoms with Gasteiger partial charge in [0.15, 0.2) is 17.7 Å². The first kappa shape index (κ1) is 18.2. The molecule has 0 aromatic carbocycles. The highest BCUT2D eigenvalue weighted by Crippen LogP contribution is 2.36. The Labute approximate surface area is 138 Å². The fourth-order valence-electron chi connectivity index (χ4n) is 2.77. The van der Waals surface area contributed by atoms with E-state index in [1.807, 2.05) is 12.2 Å². The molecule has 8 nitrogen and oxygen atoms in total. The highest BCUT2D eigenvalue weighted by atomic mass is 19.0. The van der Waals surface area contributed by atoms with Gasteiger partial charge in [0.2, 0.25) is 0 Å². The summed E-state index contributed by atoms with van der Waals surface area (Å²) in [6.07, 6.45) is 4.80. The number of hydrogen-bond acceptors (Lipinski definition) is 7. The van der Waals surface area contributed by atoms with Crippen molar-refractivity contribution < 1.29 is 19.7 Å². The Balaban J connectivity index is 0.00000208. The number of aliphatic hydroxyl groups is 2. The number of rotatable bonds is 4. The molecule has 0 unspecified atom stereocenters. The Morgan fingerprint density at radius 1 is 1.38 bits per heavy atom. The Hall–Kier alpha value is -2.10. The number of ether oxygens (including phenoxy) is 1. The summed E-state index contributed by atoms with van der Waals surface area (Å²) in [7, 11) is 0. The van der Waals surface area contributed by atoms with Gasteiger partial charge in [-0.2, -0.15) is 0 Å². The molecule has 2 aromatic heterocycles. The number of anilines is 1. The van der Waals surface area contributed by atoms with E-state index in [4.69, 9.17) is 10.5 Å². The van der Waals surface area contributed by atoms with E-state index in [2.05, 4.69) is 28.8 Å². The van der Waals surface area contributed by atoms with E-state index in [0.717, 1.165) is 0 Å². The maximum atomic E-state index is 10.5. The first-order valence-corrected chi connectivity index (χ1v) is 7.58. The predicted molar refractivity (Wildman–Crippen MR) is 86.7 cm³/mol. The number of nitrogens with zero attached hydrogens (tertiary/aromatic N) is 4. The van der Waals surface area contributed by atoms with Crippen LogP contribution in [0.3, 0.4) is 0 Å². The van der Waals surface area contributed by atoms with Crippen LogP contribution in [-0.2, 0) is 4.74 Å². The van der Waals surface area contributed by atoms with E-state index in [1.165, 1.54) is 12.7 Å². The maximum Gasteiger partial charge on any atom is 0.167 e. The largest absolute Gasteiger partial charge is 0.396 e. The van der Waals surface area contributed by atoms with Gasteiger partial charge in [-0.05, 0) is 5.92 Å². The Morgan fingerprint density at radius 3 is 2.79 bits per heavy atom. The maximum absolute atomic E-state index is 10.5. The monoisotopic (exact) mass is 339 g/mol. The predicted octanol–water partition coefficient (Wildman–Crippen LogP) is 0.640. The number of aromatic nitrogens is 4. The Kier molecular flexibility index (Phi) is 5.47. The molecule has 1 aliphatic heterocycles. The van der Waals surface area contributed by atoms with Crippen molar-refractivity contribution in [3.63, 3.8) is 0 Å². The van der Waals surface area contributed by atoms with E-state index in [0.29, 0.717) is 17.1 Å². The van der Waals surface area contributed by atoms with Crippen molar-refractivity contribution in [1.82, 2.24) is 19.5 Å². The minimum Gasteiger partial charge on any atom is -0.396 e. The van der Waals surface area contributed by atoms with Gasteiger partial charge in [-0.15, -0.1) is 0 Å². The van der Waals surface area contributed by atoms with Crippen molar-refractivity contribution in [3.05, 3.63) is 24.8 Å². The lowest BCUT2D eigenvalue weighted by atomic mass is 9.98. The molecule has 1 saturated heterocycles. The minimum absolute atomic E-state index is 0. The van der Waals surface area contributed by atoms with Gasteiger partial charge in [0.25, 0.3) is 0 Å². The SMILES string of the molecule is CC(C)/C=C/[C@H]1O[C@@H](n2cnc3c(N)ncnc32)[C@H](O)[C@@H]1CO.F. The molecule has 0 radical (unpaired) electrons. The standard InChI is InChI=1S/C15H21N5O3.FH/c1-8(2)3-4-10-9(5-21)12(22)15(23-10)20-7-19-11-13(16)17-6-18-14(11)20;/h3-4,6-10,12,15,21-22H,5H2,1-2H3,(H2,16,17,18);1H/b4-3+;/t9-,10-,12-,15-;/m1./s1. The first-order valence-electron chi connectivity index (χ1n) is 7.58. The fourth-order valence-corrected chi connectivity index (χ4v) is 2.77. The summed E-state index contributed by atoms with van der Waals surface area (Å²) in [5.74, 6) is 0.221. The molecule has 24 heavy (non-hydrogen) atoms. The van der Waals surface area contributed by atoms with Crippen LogP contribution in [0.5, 0.6) is 0 Å². The molecule has 132 valence electrons. The Morgan fingerprint density at radius 2 is 2.12 bits per heavy atom. The van der Waals surface area contributed by atoms with Gasteiger partial charge in [-0.1, -0.05) is 26.0 Å². The van der Waals surface area contributed by atoms with Crippen LogP contribution in [0.1, 0.15) is 20.1 Å². The topological polar surface area (TPSA) is 119 Å². The zero-order chi connectivity index (χ0) is 16.6. The highest BCUT2D eigenvalue weighted by Gasteiger charge is 2.43. The van der Waals surface area contributed by atoms with Crippen LogP contribution >= 0.6 is 0 Å². The molecule has 1 aliphatic rings. The lowest BCUT2D eigenvalue weighted by Crippen LogP contribution is -2.28. The molecule has 4 N–H and O–H groups in total. The van der Waals surface area contributed by atoms with Crippen molar-refractivity contribution >= 4 is 17.0 Å². The minimum atomic E-state index is -0.879. The first-order chi connectivity index (χ1) is 11.0. The number of aliphatic hydroxyl groups excluding tert-OH is 2. The van der Waals surface area contributed by atoms with E-state index in [1.54, 1.807) is 4.57 Å². The average Bonchev–Trinajstić information content (AvgIpc) is 3.07. The van der Waals surface area contributed by atoms with Crippen LogP contribution in [0.4, 0.5) is 10.5 Å². The summed E-state index contributed by atoms with van der Waals surface area (Å²) in [6, 6.07) is 0. The van der Waals surface area contributed by atoms with Crippen molar-refractivity contribution in [1.29, 1.82) is 0 Å². The van der Waals surface area contributed by atoms with Gasteiger partial charge in [0, 0.05) is 5.92 Å². The molecule has 1 fully saturated rings. The van der Waals surface area contributed by atoms with Crippen molar-refractivity contribution in [2.45, 2.75) is 32.3 Å². The summed E-state index contributed by atoms with van der Waals surface area (Å²) < 4.78 is 7.57. The molecule has 9 heteroatoms. The van der Waals surface area contributed by atoms with E-state index >= 15 is 0 Å². The van der Waals surface area contributed by atoms with Crippen LogP contribution in [0, 0.1) is 11.8 Å². The molecule has 3 rings (SSSR count). The number of halogens is 1. The third kappa shape index (κ3) is 3.10. The molecule has 0 aliphatic carbocycles. The summed E-state index contributed by atoms with van der Waals surface area (Å²) in [5, 5.41) is 20.1. The molecule has 3 heterocycles. The van der Waals surface area contributed by atoms with Gasteiger partial charge in [0.1, 0.15) is 17.9 Å². The fraction of sp³-hybridized carbons (Fsp3) is 0.533. The Bertz CT molecular complexity index is 720. The summed E-state index contributed by atoms with van der Waals surface area (Å²) in [6.45, 7) is 3.93. The smallest absolute Gasteiger partial charge is 0.167 e. The normalized spacial score (nSPS) is 27.2. The van der Waals surface area contributed by atoms with Crippen molar-refractivity contribution in [2.24, 2.45) is 11.8 Å². The van der Waals surface area contributed by atoms with E-state index in [9.17, 15) is 10.2 Å². The molecule has 0 saturated carbocycles. The molecule has 0 amide bonds. The van der Waals surface area contributed by atoms with Crippen LogP contribution in [0.25, 0.3) is 11.2 Å². The van der Waals surface area contributed by atoms with Crippen LogP contribution in [0.2, 0.25) is 0 Å². The molecule has 0 spiro atoms. The molecule has 0 bridgehead atoms. The number of nitrogens with two attached hydrogens (primary N) is 1. The van der Waals surface area contributed by atoms with Crippen LogP contribution in [0.15, 0.2) is 24.8 Å². The number of allylic oxidation sites excluding steroid dienone is 1. The summed E-state index contributed by atoms with van der Waals surface area (Å²) >= 11 is 0. The second-order valence-electron chi connectivity index (χ2n) is 6.04. The molecular formula is C15H22FN5O3. The van der Waals surface area contributed by atoms with E-state index < -0.39 is 18.2 Å². The number of imidazole rings is 1. The third-order valence-electron chi connectivity index (χ3n) is 4.01. The van der Waals surface area contributed by atoms with Gasteiger partial charge in [-0.25, -0.2) is 15.0 Å². The van der Waals surface area contributed by atoms with Crippen LogP contribution in [-0.4, -0.2) is 48.5 Å². The second kappa shape index (κ2) is 7.20. The van der Waals surface area contributed by atoms with Gasteiger partial charge < -0.3 is 20.7 Å². The summed E-state index contributed by atoms with van der Waals surface area (Å²) in [4.78, 5) is 12.3. The number of hydrogen-bond donors (Lipinski definition) is 3. The lowest BCUT2D eigenvalue weighted by Gasteiger charge is -2.17. The zero-order valence-electron chi connectivity index (χ0n) is 13.5. The molecule has 4 atom stereocenters. The van der Waals surface area contributed by atoms with E-state index in [-0.39, 0.29) is 23.2 Å². The van der Waals surface area contributed by atoms with Crippen molar-refractivity contribution in [3.8, 4) is 0 Å². The number of fused-ring (bicyclic) bond motifs is 1. The lowest BCUT2D eigenvalue weighted by molar-refractivity contribution is -0.0235. The summed E-state index contributed by atoms with van der Waals surface area (Å²) in [5.41, 5.74) is 6.74. The number of nitrogen functional groups attached to an aromatic ring is 1. The van der Waals surface area contributed by atoms with Gasteiger partial charge in [0.05, 0.1) is 19.0 Å². The van der Waals surface area contributed by atoms with Gasteiger partial charge in [-0.3, -0.25) is 9.27 Å². The average molecular weight is 339 g/mol. The highest BCUT2D eigenvalue weighted by molar-refractivity contribution is 5.81. The van der Waals surface area contributed by atoms with Gasteiger partial charge >= 0.3 is 0 Å². The van der Waals surface area contributed by atoms with Crippen molar-refractivity contribution in [2.75, 3.05) is 12.3 Å². The quantitative estimate of drug-likeness (QED) is 0.699. The second-order valence-corrected chi connectivity index (χ2v) is 6.04. The molecule has 2 aromatic rings. The third-order valence-corrected chi connectivity index (χ3v) is 4.01. The van der Waals surface area contributed by atoms with Crippen LogP contribution < -0.4 is 5.73 Å². The zero-order valence-corrected chi connectivity index (χ0v) is 13.5.